The highest BCUT2D eigenvalue weighted by atomic mass is 127. The van der Waals surface area contributed by atoms with Crippen LogP contribution in [0.3, 0.4) is 0 Å². The van der Waals surface area contributed by atoms with Crippen LogP contribution in [-0.4, -0.2) is 37.1 Å². The van der Waals surface area contributed by atoms with Crippen molar-refractivity contribution in [3.63, 3.8) is 0 Å². The van der Waals surface area contributed by atoms with E-state index in [4.69, 9.17) is 11.5 Å². The molecule has 5 heteroatoms. The van der Waals surface area contributed by atoms with Crippen LogP contribution in [0.4, 0.5) is 11.4 Å². The summed E-state index contributed by atoms with van der Waals surface area (Å²) in [6.45, 7) is 2.02. The average Bonchev–Trinajstić information content (AvgIpc) is 2.55. The van der Waals surface area contributed by atoms with Gasteiger partial charge in [-0.15, -0.1) is 0 Å². The van der Waals surface area contributed by atoms with E-state index in [-0.39, 0.29) is 24.0 Å². The van der Waals surface area contributed by atoms with E-state index in [0.29, 0.717) is 0 Å². The number of nitrogens with zero attached hydrogens (tertiary/aromatic N) is 2. The fourth-order valence-electron chi connectivity index (χ4n) is 2.87. The Morgan fingerprint density at radius 3 is 2.25 bits per heavy atom. The van der Waals surface area contributed by atoms with Crippen molar-refractivity contribution in [1.29, 1.82) is 0 Å². The Bertz CT molecular complexity index is 781. The number of benzene rings is 2. The Hall–Kier alpha value is -1.89. The van der Waals surface area contributed by atoms with Crippen LogP contribution >= 0.6 is 0 Å². The quantitative estimate of drug-likeness (QED) is 0.322. The van der Waals surface area contributed by atoms with Gasteiger partial charge >= 0.3 is 0 Å². The number of hydrogen-bond donors (Lipinski definition) is 2. The summed E-state index contributed by atoms with van der Waals surface area (Å²) in [6.07, 6.45) is 6.22. The van der Waals surface area contributed by atoms with E-state index in [0.717, 1.165) is 37.3 Å². The molecule has 0 aliphatic carbocycles. The van der Waals surface area contributed by atoms with Crippen LogP contribution in [0.15, 0.2) is 41.4 Å². The molecule has 0 saturated heterocycles. The van der Waals surface area contributed by atoms with Gasteiger partial charge in [0.2, 0.25) is 0 Å². The van der Waals surface area contributed by atoms with E-state index in [9.17, 15) is 0 Å². The molecule has 0 unspecified atom stereocenters. The van der Waals surface area contributed by atoms with Crippen molar-refractivity contribution >= 4 is 23.8 Å². The zero-order valence-corrected chi connectivity index (χ0v) is 16.0. The lowest BCUT2D eigenvalue weighted by atomic mass is 10.0. The molecule has 0 fully saturated rings. The van der Waals surface area contributed by atoms with Gasteiger partial charge in [-0.3, -0.25) is 4.99 Å². The number of nitrogen functional groups attached to an aromatic ring is 2. The molecule has 4 nitrogen and oxygen atoms in total. The van der Waals surface area contributed by atoms with Gasteiger partial charge in [-0.1, -0.05) is 12.1 Å². The van der Waals surface area contributed by atoms with Gasteiger partial charge in [0.1, 0.15) is 13.6 Å². The molecule has 24 heavy (non-hydrogen) atoms. The number of aliphatic imine (C=N–C) groups is 1. The lowest BCUT2D eigenvalue weighted by Crippen LogP contribution is -3.00. The molecular formula is C19H23IN4. The normalized spacial score (nSPS) is 14.3. The molecule has 4 N–H and O–H groups in total. The highest BCUT2D eigenvalue weighted by Crippen LogP contribution is 2.15. The smallest absolute Gasteiger partial charge is 0.170 e. The van der Waals surface area contributed by atoms with Gasteiger partial charge in [-0.25, -0.2) is 4.58 Å². The second-order valence-electron chi connectivity index (χ2n) is 6.06. The van der Waals surface area contributed by atoms with E-state index in [2.05, 4.69) is 35.0 Å². The summed E-state index contributed by atoms with van der Waals surface area (Å²) >= 11 is 0. The number of rotatable bonds is 0. The number of likely N-dealkylation sites (N-methyl/N-ethyl adjacent to an activating group) is 1. The SMILES string of the molecule is C[N+]1=Cc2cc(N)ccc2CC1.Nc1ccc2c(c1)C=NCC2.[I-]. The topological polar surface area (TPSA) is 67.4 Å². The van der Waals surface area contributed by atoms with Gasteiger partial charge in [0.25, 0.3) is 0 Å². The molecular weight excluding hydrogens is 411 g/mol. The molecule has 0 spiro atoms. The molecule has 4 rings (SSSR count). The van der Waals surface area contributed by atoms with Crippen molar-refractivity contribution < 1.29 is 28.6 Å². The van der Waals surface area contributed by atoms with Gasteiger partial charge in [-0.2, -0.15) is 0 Å². The molecule has 0 bridgehead atoms. The Kier molecular flexibility index (Phi) is 6.36. The molecule has 2 aliphatic rings. The van der Waals surface area contributed by atoms with Gasteiger partial charge in [0.15, 0.2) is 6.21 Å². The first-order chi connectivity index (χ1) is 11.1. The molecule has 0 atom stereocenters. The summed E-state index contributed by atoms with van der Waals surface area (Å²) in [4.78, 5) is 4.18. The van der Waals surface area contributed by atoms with E-state index >= 15 is 0 Å². The van der Waals surface area contributed by atoms with Gasteiger partial charge < -0.3 is 35.4 Å². The lowest BCUT2D eigenvalue weighted by molar-refractivity contribution is -0.493. The van der Waals surface area contributed by atoms with E-state index in [1.165, 1.54) is 22.3 Å². The molecule has 2 aliphatic heterocycles. The zero-order valence-electron chi connectivity index (χ0n) is 13.9. The molecule has 2 aromatic rings. The maximum absolute atomic E-state index is 5.69. The Balaban J connectivity index is 0.000000167. The Labute approximate surface area is 160 Å². The maximum Gasteiger partial charge on any atom is 0.170 e. The van der Waals surface area contributed by atoms with Crippen molar-refractivity contribution in [2.24, 2.45) is 4.99 Å². The molecule has 0 radical (unpaired) electrons. The van der Waals surface area contributed by atoms with Crippen LogP contribution in [0.1, 0.15) is 22.3 Å². The van der Waals surface area contributed by atoms with Crippen LogP contribution < -0.4 is 35.4 Å². The van der Waals surface area contributed by atoms with Crippen LogP contribution in [0.25, 0.3) is 0 Å². The number of anilines is 2. The summed E-state index contributed by atoms with van der Waals surface area (Å²) in [6, 6.07) is 12.1. The van der Waals surface area contributed by atoms with Crippen molar-refractivity contribution in [3.8, 4) is 0 Å². The monoisotopic (exact) mass is 434 g/mol. The first-order valence-electron chi connectivity index (χ1n) is 7.93. The third-order valence-electron chi connectivity index (χ3n) is 4.17. The second-order valence-corrected chi connectivity index (χ2v) is 6.06. The standard InChI is InChI=1S/C10H13N2.C9H10N2.HI/c1-12-5-4-8-2-3-10(11)6-9(8)7-12;10-9-2-1-7-3-4-11-6-8(7)5-9;/h2-3,6-7H,4-5,11H2,1H3;1-2,5-6H,3-4,10H2;1H/q+1;;/p-1. The number of hydrogen-bond acceptors (Lipinski definition) is 3. The largest absolute Gasteiger partial charge is 1.00 e. The lowest BCUT2D eigenvalue weighted by Gasteiger charge is -2.09. The minimum atomic E-state index is 0. The fraction of sp³-hybridized carbons (Fsp3) is 0.263. The highest BCUT2D eigenvalue weighted by molar-refractivity contribution is 5.84. The summed E-state index contributed by atoms with van der Waals surface area (Å²) in [5.41, 5.74) is 18.2. The summed E-state index contributed by atoms with van der Waals surface area (Å²) in [7, 11) is 2.09. The van der Waals surface area contributed by atoms with Crippen molar-refractivity contribution in [2.75, 3.05) is 31.6 Å². The minimum Gasteiger partial charge on any atom is -1.00 e. The van der Waals surface area contributed by atoms with Gasteiger partial charge in [0.05, 0.1) is 0 Å². The molecule has 2 heterocycles. The third kappa shape index (κ3) is 4.56. The zero-order chi connectivity index (χ0) is 16.2. The third-order valence-corrected chi connectivity index (χ3v) is 4.17. The van der Waals surface area contributed by atoms with Crippen LogP contribution in [0, 0.1) is 0 Å². The highest BCUT2D eigenvalue weighted by Gasteiger charge is 2.11. The van der Waals surface area contributed by atoms with E-state index in [1.54, 1.807) is 0 Å². The minimum absolute atomic E-state index is 0. The van der Waals surface area contributed by atoms with Crippen molar-refractivity contribution in [2.45, 2.75) is 12.8 Å². The molecule has 0 amide bonds. The van der Waals surface area contributed by atoms with Gasteiger partial charge in [-0.05, 0) is 47.4 Å². The molecule has 0 aromatic heterocycles. The van der Waals surface area contributed by atoms with Crippen LogP contribution in [0.2, 0.25) is 0 Å². The summed E-state index contributed by atoms with van der Waals surface area (Å²) in [5, 5.41) is 0. The van der Waals surface area contributed by atoms with E-state index < -0.39 is 0 Å². The predicted octanol–water partition coefficient (Wildman–Crippen LogP) is -0.866. The van der Waals surface area contributed by atoms with E-state index in [1.807, 2.05) is 30.5 Å². The fourth-order valence-corrected chi connectivity index (χ4v) is 2.87. The Morgan fingerprint density at radius 1 is 0.917 bits per heavy atom. The molecule has 126 valence electrons. The predicted molar refractivity (Wildman–Crippen MR) is 97.8 cm³/mol. The van der Waals surface area contributed by atoms with Crippen LogP contribution in [0.5, 0.6) is 0 Å². The average molecular weight is 434 g/mol. The Morgan fingerprint density at radius 2 is 1.54 bits per heavy atom. The van der Waals surface area contributed by atoms with Crippen molar-refractivity contribution in [1.82, 2.24) is 0 Å². The van der Waals surface area contributed by atoms with Gasteiger partial charge in [0, 0.05) is 36.1 Å². The summed E-state index contributed by atoms with van der Waals surface area (Å²) in [5.74, 6) is 0. The van der Waals surface area contributed by atoms with Crippen LogP contribution in [-0.2, 0) is 12.8 Å². The maximum atomic E-state index is 5.69. The first kappa shape index (κ1) is 18.4. The van der Waals surface area contributed by atoms with Crippen molar-refractivity contribution in [3.05, 3.63) is 58.7 Å². The number of nitrogens with two attached hydrogens (primary N) is 2. The number of fused-ring (bicyclic) bond motifs is 2. The number of halogens is 1. The second kappa shape index (κ2) is 8.28. The molecule has 2 aromatic carbocycles. The first-order valence-corrected chi connectivity index (χ1v) is 7.93. The molecule has 0 saturated carbocycles. The summed E-state index contributed by atoms with van der Waals surface area (Å²) < 4.78 is 2.20.